The zero-order valence-corrected chi connectivity index (χ0v) is 7.40. The fourth-order valence-electron chi connectivity index (χ4n) is 1.37. The van der Waals surface area contributed by atoms with E-state index in [1.54, 1.807) is 4.52 Å². The van der Waals surface area contributed by atoms with Crippen LogP contribution in [0.3, 0.4) is 0 Å². The molecule has 0 amide bonds. The number of hydrogen-bond donors (Lipinski definition) is 0. The van der Waals surface area contributed by atoms with Crippen molar-refractivity contribution in [1.82, 2.24) is 9.61 Å². The Morgan fingerprint density at radius 3 is 3.15 bits per heavy atom. The SMILES string of the molecule is Cc1cc2ccc(CC=O)cn2n1. The molecule has 0 aliphatic rings. The molecule has 0 N–H and O–H groups in total. The second kappa shape index (κ2) is 3.01. The van der Waals surface area contributed by atoms with Crippen LogP contribution in [-0.4, -0.2) is 15.9 Å². The Kier molecular flexibility index (Phi) is 1.85. The van der Waals surface area contributed by atoms with Gasteiger partial charge in [-0.15, -0.1) is 0 Å². The van der Waals surface area contributed by atoms with Gasteiger partial charge in [-0.1, -0.05) is 6.07 Å². The van der Waals surface area contributed by atoms with Gasteiger partial charge in [0.15, 0.2) is 0 Å². The third kappa shape index (κ3) is 1.45. The number of carbonyl (C=O) groups excluding carboxylic acids is 1. The summed E-state index contributed by atoms with van der Waals surface area (Å²) in [6.45, 7) is 1.95. The Morgan fingerprint density at radius 2 is 2.38 bits per heavy atom. The zero-order chi connectivity index (χ0) is 9.26. The van der Waals surface area contributed by atoms with Crippen LogP contribution in [0.5, 0.6) is 0 Å². The van der Waals surface area contributed by atoms with E-state index in [9.17, 15) is 4.79 Å². The van der Waals surface area contributed by atoms with Crippen molar-refractivity contribution >= 4 is 11.8 Å². The molecule has 2 rings (SSSR count). The highest BCUT2D eigenvalue weighted by atomic mass is 16.1. The maximum Gasteiger partial charge on any atom is 0.124 e. The van der Waals surface area contributed by atoms with Crippen LogP contribution in [0.1, 0.15) is 11.3 Å². The lowest BCUT2D eigenvalue weighted by Crippen LogP contribution is -1.92. The molecule has 3 nitrogen and oxygen atoms in total. The summed E-state index contributed by atoms with van der Waals surface area (Å²) >= 11 is 0. The zero-order valence-electron chi connectivity index (χ0n) is 7.40. The predicted molar refractivity (Wildman–Crippen MR) is 49.7 cm³/mol. The van der Waals surface area contributed by atoms with Gasteiger partial charge in [0, 0.05) is 12.6 Å². The van der Waals surface area contributed by atoms with E-state index in [2.05, 4.69) is 5.10 Å². The highest BCUT2D eigenvalue weighted by Crippen LogP contribution is 2.07. The van der Waals surface area contributed by atoms with E-state index in [-0.39, 0.29) is 0 Å². The summed E-state index contributed by atoms with van der Waals surface area (Å²) in [4.78, 5) is 10.3. The van der Waals surface area contributed by atoms with E-state index in [0.717, 1.165) is 23.1 Å². The van der Waals surface area contributed by atoms with Crippen LogP contribution in [0.25, 0.3) is 5.52 Å². The largest absolute Gasteiger partial charge is 0.303 e. The minimum absolute atomic E-state index is 0.453. The first-order chi connectivity index (χ1) is 6.29. The minimum atomic E-state index is 0.453. The minimum Gasteiger partial charge on any atom is -0.303 e. The fourth-order valence-corrected chi connectivity index (χ4v) is 1.37. The van der Waals surface area contributed by atoms with Gasteiger partial charge in [0.2, 0.25) is 0 Å². The molecule has 2 aromatic heterocycles. The summed E-state index contributed by atoms with van der Waals surface area (Å²) in [5.74, 6) is 0. The summed E-state index contributed by atoms with van der Waals surface area (Å²) in [7, 11) is 0. The predicted octanol–water partition coefficient (Wildman–Crippen LogP) is 1.38. The van der Waals surface area contributed by atoms with E-state index >= 15 is 0 Å². The van der Waals surface area contributed by atoms with Crippen molar-refractivity contribution in [3.8, 4) is 0 Å². The molecule has 0 fully saturated rings. The highest BCUT2D eigenvalue weighted by molar-refractivity contribution is 5.56. The van der Waals surface area contributed by atoms with Crippen molar-refractivity contribution in [2.45, 2.75) is 13.3 Å². The number of hydrogen-bond acceptors (Lipinski definition) is 2. The standard InChI is InChI=1S/C10H10N2O/c1-8-6-10-3-2-9(4-5-13)7-12(10)11-8/h2-3,5-7H,4H2,1H3. The van der Waals surface area contributed by atoms with Gasteiger partial charge in [-0.25, -0.2) is 4.52 Å². The second-order valence-electron chi connectivity index (χ2n) is 3.06. The Hall–Kier alpha value is -1.64. The third-order valence-corrected chi connectivity index (χ3v) is 1.96. The molecule has 2 heterocycles. The molecule has 0 aliphatic heterocycles. The van der Waals surface area contributed by atoms with Gasteiger partial charge < -0.3 is 4.79 Å². The molecule has 0 radical (unpaired) electrons. The van der Waals surface area contributed by atoms with Crippen molar-refractivity contribution < 1.29 is 4.79 Å². The van der Waals surface area contributed by atoms with Gasteiger partial charge >= 0.3 is 0 Å². The normalized spacial score (nSPS) is 10.5. The summed E-state index contributed by atoms with van der Waals surface area (Å²) in [6.07, 6.45) is 3.24. The Morgan fingerprint density at radius 1 is 1.54 bits per heavy atom. The van der Waals surface area contributed by atoms with Crippen molar-refractivity contribution in [3.63, 3.8) is 0 Å². The number of aryl methyl sites for hydroxylation is 1. The molecule has 0 spiro atoms. The van der Waals surface area contributed by atoms with Crippen molar-refractivity contribution in [2.24, 2.45) is 0 Å². The van der Waals surface area contributed by atoms with Crippen LogP contribution < -0.4 is 0 Å². The van der Waals surface area contributed by atoms with Crippen LogP contribution in [-0.2, 0) is 11.2 Å². The molecule has 0 aliphatic carbocycles. The van der Waals surface area contributed by atoms with Gasteiger partial charge in [0.05, 0.1) is 11.2 Å². The monoisotopic (exact) mass is 174 g/mol. The second-order valence-corrected chi connectivity index (χ2v) is 3.06. The molecule has 0 atom stereocenters. The van der Waals surface area contributed by atoms with Crippen molar-refractivity contribution in [1.29, 1.82) is 0 Å². The maximum absolute atomic E-state index is 10.3. The van der Waals surface area contributed by atoms with Gasteiger partial charge in [-0.2, -0.15) is 5.10 Å². The number of fused-ring (bicyclic) bond motifs is 1. The first kappa shape index (κ1) is 7.98. The molecule has 0 saturated carbocycles. The number of aldehydes is 1. The van der Waals surface area contributed by atoms with Gasteiger partial charge in [-0.05, 0) is 24.6 Å². The molecule has 3 heteroatoms. The average molecular weight is 174 g/mol. The van der Waals surface area contributed by atoms with Crippen LogP contribution in [0.4, 0.5) is 0 Å². The molecule has 0 unspecified atom stereocenters. The van der Waals surface area contributed by atoms with Gasteiger partial charge in [0.1, 0.15) is 6.29 Å². The number of carbonyl (C=O) groups is 1. The van der Waals surface area contributed by atoms with E-state index in [4.69, 9.17) is 0 Å². The van der Waals surface area contributed by atoms with Crippen molar-refractivity contribution in [2.75, 3.05) is 0 Å². The number of nitrogens with zero attached hydrogens (tertiary/aromatic N) is 2. The van der Waals surface area contributed by atoms with E-state index < -0.39 is 0 Å². The van der Waals surface area contributed by atoms with Crippen LogP contribution in [0, 0.1) is 6.92 Å². The number of aromatic nitrogens is 2. The Labute approximate surface area is 76.0 Å². The Bertz CT molecular complexity index is 445. The fraction of sp³-hybridized carbons (Fsp3) is 0.200. The average Bonchev–Trinajstić information content (AvgIpc) is 2.44. The summed E-state index contributed by atoms with van der Waals surface area (Å²) in [6, 6.07) is 5.92. The van der Waals surface area contributed by atoms with Crippen molar-refractivity contribution in [3.05, 3.63) is 35.7 Å². The first-order valence-corrected chi connectivity index (χ1v) is 4.18. The number of pyridine rings is 1. The maximum atomic E-state index is 10.3. The molecule has 0 aromatic carbocycles. The van der Waals surface area contributed by atoms with Gasteiger partial charge in [0.25, 0.3) is 0 Å². The van der Waals surface area contributed by atoms with Gasteiger partial charge in [-0.3, -0.25) is 0 Å². The highest BCUT2D eigenvalue weighted by Gasteiger charge is 1.98. The summed E-state index contributed by atoms with van der Waals surface area (Å²) in [5.41, 5.74) is 3.04. The van der Waals surface area contributed by atoms with Crippen LogP contribution >= 0.6 is 0 Å². The summed E-state index contributed by atoms with van der Waals surface area (Å²) < 4.78 is 1.80. The smallest absolute Gasteiger partial charge is 0.124 e. The van der Waals surface area contributed by atoms with Crippen LogP contribution in [0.15, 0.2) is 24.4 Å². The molecule has 66 valence electrons. The molecular weight excluding hydrogens is 164 g/mol. The third-order valence-electron chi connectivity index (χ3n) is 1.96. The topological polar surface area (TPSA) is 34.4 Å². The van der Waals surface area contributed by atoms with E-state index in [1.807, 2.05) is 31.3 Å². The lowest BCUT2D eigenvalue weighted by atomic mass is 10.2. The Balaban J connectivity index is 2.54. The number of rotatable bonds is 2. The van der Waals surface area contributed by atoms with E-state index in [0.29, 0.717) is 6.42 Å². The molecule has 13 heavy (non-hydrogen) atoms. The molecule has 0 bridgehead atoms. The first-order valence-electron chi connectivity index (χ1n) is 4.18. The lowest BCUT2D eigenvalue weighted by Gasteiger charge is -1.96. The van der Waals surface area contributed by atoms with Crippen LogP contribution in [0.2, 0.25) is 0 Å². The van der Waals surface area contributed by atoms with E-state index in [1.165, 1.54) is 0 Å². The quantitative estimate of drug-likeness (QED) is 0.645. The summed E-state index contributed by atoms with van der Waals surface area (Å²) in [5, 5.41) is 4.26. The molecule has 2 aromatic rings. The lowest BCUT2D eigenvalue weighted by molar-refractivity contribution is -0.107. The molecule has 0 saturated heterocycles. The molecular formula is C10H10N2O.